The first-order valence-corrected chi connectivity index (χ1v) is 9.66. The van der Waals surface area contributed by atoms with E-state index in [2.05, 4.69) is 10.3 Å². The summed E-state index contributed by atoms with van der Waals surface area (Å²) in [6.45, 7) is 2.61. The Bertz CT molecular complexity index is 660. The van der Waals surface area contributed by atoms with Crippen LogP contribution in [0.2, 0.25) is 0 Å². The molecule has 0 unspecified atom stereocenters. The number of carbonyl (C=O) groups is 2. The first-order chi connectivity index (χ1) is 11.7. The third kappa shape index (κ3) is 5.98. The Morgan fingerprint density at radius 1 is 1.33 bits per heavy atom. The minimum Gasteiger partial charge on any atom is -0.466 e. The highest BCUT2D eigenvalue weighted by atomic mass is 32.2. The Morgan fingerprint density at radius 2 is 2.17 bits per heavy atom. The number of nitrogens with one attached hydrogen (secondary N) is 1. The van der Waals surface area contributed by atoms with Crippen LogP contribution in [-0.2, 0) is 15.3 Å². The molecule has 1 aromatic carbocycles. The highest BCUT2D eigenvalue weighted by molar-refractivity contribution is 7.98. The van der Waals surface area contributed by atoms with Crippen molar-refractivity contribution in [2.75, 3.05) is 13.2 Å². The molecule has 0 bridgehead atoms. The summed E-state index contributed by atoms with van der Waals surface area (Å²) < 4.78 is 4.86. The Kier molecular flexibility index (Phi) is 7.77. The normalized spacial score (nSPS) is 10.4. The number of hydrogen-bond acceptors (Lipinski definition) is 6. The summed E-state index contributed by atoms with van der Waals surface area (Å²) in [4.78, 5) is 28.8. The molecule has 0 spiro atoms. The number of aromatic nitrogens is 1. The van der Waals surface area contributed by atoms with Crippen LogP contribution in [0.4, 0.5) is 0 Å². The molecule has 0 fully saturated rings. The largest absolute Gasteiger partial charge is 0.466 e. The Balaban J connectivity index is 1.84. The summed E-state index contributed by atoms with van der Waals surface area (Å²) >= 11 is 3.16. The number of amides is 1. The van der Waals surface area contributed by atoms with Crippen molar-refractivity contribution in [3.8, 4) is 0 Å². The molecule has 24 heavy (non-hydrogen) atoms. The lowest BCUT2D eigenvalue weighted by atomic mass is 10.2. The molecule has 5 nitrogen and oxygen atoms in total. The van der Waals surface area contributed by atoms with Crippen LogP contribution >= 0.6 is 23.1 Å². The van der Waals surface area contributed by atoms with Gasteiger partial charge in [-0.1, -0.05) is 12.1 Å². The number of thiazole rings is 1. The van der Waals surface area contributed by atoms with Gasteiger partial charge in [0.2, 0.25) is 0 Å². The van der Waals surface area contributed by atoms with E-state index in [0.717, 1.165) is 16.3 Å². The minimum absolute atomic E-state index is 0.125. The number of esters is 1. The van der Waals surface area contributed by atoms with Crippen molar-refractivity contribution >= 4 is 35.0 Å². The van der Waals surface area contributed by atoms with Gasteiger partial charge in [0.1, 0.15) is 0 Å². The Labute approximate surface area is 149 Å². The smallest absolute Gasteiger partial charge is 0.305 e. The van der Waals surface area contributed by atoms with Crippen molar-refractivity contribution in [1.29, 1.82) is 0 Å². The molecule has 1 amide bonds. The van der Waals surface area contributed by atoms with E-state index in [9.17, 15) is 9.59 Å². The Hall–Kier alpha value is -1.86. The summed E-state index contributed by atoms with van der Waals surface area (Å²) in [5.41, 5.74) is 3.46. The molecular formula is C17H20N2O3S2. The van der Waals surface area contributed by atoms with Crippen LogP contribution < -0.4 is 5.32 Å². The zero-order chi connectivity index (χ0) is 17.2. The van der Waals surface area contributed by atoms with Crippen LogP contribution in [0.1, 0.15) is 35.8 Å². The molecule has 0 saturated carbocycles. The number of benzene rings is 1. The number of rotatable bonds is 9. The molecule has 2 rings (SSSR count). The van der Waals surface area contributed by atoms with Gasteiger partial charge in [0.15, 0.2) is 0 Å². The quantitative estimate of drug-likeness (QED) is 0.419. The molecule has 1 heterocycles. The molecule has 1 N–H and O–H groups in total. The average molecular weight is 364 g/mol. The monoisotopic (exact) mass is 364 g/mol. The van der Waals surface area contributed by atoms with Gasteiger partial charge in [-0.2, -0.15) is 0 Å². The lowest BCUT2D eigenvalue weighted by molar-refractivity contribution is -0.143. The lowest BCUT2D eigenvalue weighted by Crippen LogP contribution is -2.25. The first-order valence-electron chi connectivity index (χ1n) is 7.73. The van der Waals surface area contributed by atoms with Crippen LogP contribution in [0.25, 0.3) is 0 Å². The molecule has 128 valence electrons. The SMILES string of the molecule is CCOC(=O)CCCNC(=O)c1ccccc1SCc1cscn1. The molecule has 0 radical (unpaired) electrons. The highest BCUT2D eigenvalue weighted by Gasteiger charge is 2.11. The van der Waals surface area contributed by atoms with Crippen molar-refractivity contribution in [2.45, 2.75) is 30.4 Å². The fourth-order valence-electron chi connectivity index (χ4n) is 2.00. The number of carbonyl (C=O) groups excluding carboxylic acids is 2. The van der Waals surface area contributed by atoms with Gasteiger partial charge in [-0.15, -0.1) is 23.1 Å². The molecule has 0 saturated heterocycles. The second-order valence-corrected chi connectivity index (χ2v) is 6.66. The van der Waals surface area contributed by atoms with Crippen molar-refractivity contribution in [2.24, 2.45) is 0 Å². The maximum atomic E-state index is 12.3. The van der Waals surface area contributed by atoms with E-state index < -0.39 is 0 Å². The van der Waals surface area contributed by atoms with E-state index in [4.69, 9.17) is 4.74 Å². The van der Waals surface area contributed by atoms with Crippen LogP contribution in [0.5, 0.6) is 0 Å². The van der Waals surface area contributed by atoms with Gasteiger partial charge in [0.25, 0.3) is 5.91 Å². The van der Waals surface area contributed by atoms with E-state index in [1.54, 1.807) is 35.5 Å². The fourth-order valence-corrected chi connectivity index (χ4v) is 3.62. The average Bonchev–Trinajstić information content (AvgIpc) is 3.11. The van der Waals surface area contributed by atoms with Crippen LogP contribution in [-0.4, -0.2) is 30.0 Å². The van der Waals surface area contributed by atoms with Gasteiger partial charge in [-0.3, -0.25) is 9.59 Å². The minimum atomic E-state index is -0.231. The molecule has 0 aliphatic rings. The maximum absolute atomic E-state index is 12.3. The van der Waals surface area contributed by atoms with Gasteiger partial charge in [0, 0.05) is 29.0 Å². The van der Waals surface area contributed by atoms with Crippen LogP contribution in [0.3, 0.4) is 0 Å². The molecule has 0 aliphatic heterocycles. The van der Waals surface area contributed by atoms with E-state index in [1.807, 2.05) is 29.6 Å². The van der Waals surface area contributed by atoms with Crippen LogP contribution in [0.15, 0.2) is 40.1 Å². The second kappa shape index (κ2) is 10.1. The second-order valence-electron chi connectivity index (χ2n) is 4.93. The first kappa shape index (κ1) is 18.5. The number of thioether (sulfide) groups is 1. The zero-order valence-electron chi connectivity index (χ0n) is 13.5. The van der Waals surface area contributed by atoms with Crippen molar-refractivity contribution in [3.05, 3.63) is 46.4 Å². The van der Waals surface area contributed by atoms with Gasteiger partial charge >= 0.3 is 5.97 Å². The van der Waals surface area contributed by atoms with E-state index in [1.165, 1.54) is 0 Å². The standard InChI is InChI=1S/C17H20N2O3S2/c1-2-22-16(20)8-5-9-18-17(21)14-6-3-4-7-15(14)24-11-13-10-23-12-19-13/h3-4,6-7,10,12H,2,5,8-9,11H2,1H3,(H,18,21). The predicted octanol–water partition coefficient (Wildman–Crippen LogP) is 3.51. The third-order valence-electron chi connectivity index (χ3n) is 3.14. The topological polar surface area (TPSA) is 68.3 Å². The Morgan fingerprint density at radius 3 is 2.92 bits per heavy atom. The van der Waals surface area contributed by atoms with E-state index >= 15 is 0 Å². The van der Waals surface area contributed by atoms with Gasteiger partial charge in [-0.25, -0.2) is 4.98 Å². The predicted molar refractivity (Wildman–Crippen MR) is 96.3 cm³/mol. The molecule has 0 atom stereocenters. The van der Waals surface area contributed by atoms with E-state index in [0.29, 0.717) is 31.6 Å². The maximum Gasteiger partial charge on any atom is 0.305 e. The molecule has 1 aromatic heterocycles. The van der Waals surface area contributed by atoms with Crippen molar-refractivity contribution in [1.82, 2.24) is 10.3 Å². The third-order valence-corrected chi connectivity index (χ3v) is 4.88. The lowest BCUT2D eigenvalue weighted by Gasteiger charge is -2.09. The summed E-state index contributed by atoms with van der Waals surface area (Å²) in [7, 11) is 0. The molecule has 7 heteroatoms. The summed E-state index contributed by atoms with van der Waals surface area (Å²) in [5.74, 6) is 0.377. The molecular weight excluding hydrogens is 344 g/mol. The fraction of sp³-hybridized carbons (Fsp3) is 0.353. The number of hydrogen-bond donors (Lipinski definition) is 1. The zero-order valence-corrected chi connectivity index (χ0v) is 15.1. The highest BCUT2D eigenvalue weighted by Crippen LogP contribution is 2.26. The van der Waals surface area contributed by atoms with Gasteiger partial charge in [0.05, 0.1) is 23.4 Å². The molecule has 0 aliphatic carbocycles. The summed E-state index contributed by atoms with van der Waals surface area (Å²) in [6.07, 6.45) is 0.882. The van der Waals surface area contributed by atoms with Crippen LogP contribution in [0, 0.1) is 0 Å². The van der Waals surface area contributed by atoms with Crippen molar-refractivity contribution < 1.29 is 14.3 Å². The summed E-state index contributed by atoms with van der Waals surface area (Å²) in [6, 6.07) is 7.51. The summed E-state index contributed by atoms with van der Waals surface area (Å²) in [5, 5.41) is 4.86. The van der Waals surface area contributed by atoms with Gasteiger partial charge < -0.3 is 10.1 Å². The molecule has 2 aromatic rings. The van der Waals surface area contributed by atoms with Crippen molar-refractivity contribution in [3.63, 3.8) is 0 Å². The van der Waals surface area contributed by atoms with Gasteiger partial charge in [-0.05, 0) is 25.5 Å². The number of nitrogens with zero attached hydrogens (tertiary/aromatic N) is 1. The van der Waals surface area contributed by atoms with E-state index in [-0.39, 0.29) is 11.9 Å². The number of ether oxygens (including phenoxy) is 1.